The van der Waals surface area contributed by atoms with Gasteiger partial charge in [0.2, 0.25) is 0 Å². The molecule has 2 aromatic carbocycles. The summed E-state index contributed by atoms with van der Waals surface area (Å²) in [6.07, 6.45) is 1.34. The highest BCUT2D eigenvalue weighted by atomic mass is 35.5. The number of rotatable bonds is 8. The second-order valence-corrected chi connectivity index (χ2v) is 5.94. The largest absolute Gasteiger partial charge is 0.481 e. The Morgan fingerprint density at radius 2 is 2.00 bits per heavy atom. The van der Waals surface area contributed by atoms with Crippen LogP contribution in [-0.4, -0.2) is 24.5 Å². The van der Waals surface area contributed by atoms with Gasteiger partial charge in [-0.2, -0.15) is 0 Å². The van der Waals surface area contributed by atoms with Crippen molar-refractivity contribution in [3.63, 3.8) is 0 Å². The third kappa shape index (κ3) is 5.36. The monoisotopic (exact) mass is 372 g/mol. The number of carbonyl (C=O) groups is 2. The molecule has 26 heavy (non-hydrogen) atoms. The first-order chi connectivity index (χ1) is 12.5. The Labute approximate surface area is 158 Å². The molecule has 0 spiro atoms. The minimum absolute atomic E-state index is 0.287. The molecule has 0 aliphatic rings. The van der Waals surface area contributed by atoms with E-state index in [9.17, 15) is 9.59 Å². The molecular weight excluding hydrogens is 352 g/mol. The van der Waals surface area contributed by atoms with Gasteiger partial charge in [0.1, 0.15) is 5.75 Å². The molecule has 0 aliphatic carbocycles. The predicted octanol–water partition coefficient (Wildman–Crippen LogP) is 4.05. The minimum atomic E-state index is -0.710. The van der Waals surface area contributed by atoms with Crippen molar-refractivity contribution < 1.29 is 14.3 Å². The van der Waals surface area contributed by atoms with E-state index in [-0.39, 0.29) is 11.8 Å². The van der Waals surface area contributed by atoms with E-state index in [4.69, 9.17) is 16.3 Å². The number of halogens is 1. The summed E-state index contributed by atoms with van der Waals surface area (Å²) in [7, 11) is 0. The molecule has 136 valence electrons. The number of anilines is 1. The second kappa shape index (κ2) is 9.63. The molecule has 0 saturated carbocycles. The number of nitrogens with one attached hydrogen (secondary N) is 2. The molecule has 0 unspecified atom stereocenters. The summed E-state index contributed by atoms with van der Waals surface area (Å²) in [5, 5.41) is 6.00. The van der Waals surface area contributed by atoms with Gasteiger partial charge in [0.25, 0.3) is 11.8 Å². The van der Waals surface area contributed by atoms with Crippen molar-refractivity contribution in [3.8, 4) is 5.75 Å². The molecule has 2 N–H and O–H groups in total. The van der Waals surface area contributed by atoms with Crippen LogP contribution < -0.4 is 15.4 Å². The molecule has 0 aromatic heterocycles. The fourth-order valence-corrected chi connectivity index (χ4v) is 2.47. The normalized spacial score (nSPS) is 11.3. The molecule has 5 nitrogen and oxygen atoms in total. The van der Waals surface area contributed by atoms with Crippen LogP contribution in [0, 0.1) is 0 Å². The lowest BCUT2D eigenvalue weighted by Crippen LogP contribution is -2.33. The fraction of sp³-hybridized carbons (Fsp3) is 0.200. The van der Waals surface area contributed by atoms with Crippen molar-refractivity contribution in [2.75, 3.05) is 11.9 Å². The quantitative estimate of drug-likeness (QED) is 0.687. The molecule has 0 radical (unpaired) electrons. The van der Waals surface area contributed by atoms with Crippen molar-refractivity contribution in [1.29, 1.82) is 0 Å². The standard InChI is InChI=1S/C20H21ClN2O3/c1-3-12-22-19(24)16-10-5-6-11-17(16)23-20(25)18(4-2)26-15-9-7-8-14(21)13-15/h3,5-11,13,18H,1,4,12H2,2H3,(H,22,24)(H,23,25)/t18-/m1/s1. The summed E-state index contributed by atoms with van der Waals surface area (Å²) in [4.78, 5) is 24.8. The highest BCUT2D eigenvalue weighted by Crippen LogP contribution is 2.21. The molecule has 0 aliphatic heterocycles. The van der Waals surface area contributed by atoms with E-state index in [0.29, 0.717) is 35.0 Å². The van der Waals surface area contributed by atoms with E-state index < -0.39 is 6.10 Å². The third-order valence-electron chi connectivity index (χ3n) is 3.57. The van der Waals surface area contributed by atoms with Gasteiger partial charge in [-0.1, -0.05) is 42.8 Å². The molecule has 2 aromatic rings. The second-order valence-electron chi connectivity index (χ2n) is 5.51. The lowest BCUT2D eigenvalue weighted by Gasteiger charge is -2.18. The first-order valence-corrected chi connectivity index (χ1v) is 8.64. The van der Waals surface area contributed by atoms with Gasteiger partial charge in [0.15, 0.2) is 6.10 Å². The minimum Gasteiger partial charge on any atom is -0.481 e. The Morgan fingerprint density at radius 3 is 2.69 bits per heavy atom. The number of hydrogen-bond acceptors (Lipinski definition) is 3. The highest BCUT2D eigenvalue weighted by molar-refractivity contribution is 6.30. The van der Waals surface area contributed by atoms with Crippen LogP contribution in [0.25, 0.3) is 0 Å². The zero-order chi connectivity index (χ0) is 18.9. The van der Waals surface area contributed by atoms with Crippen LogP contribution in [-0.2, 0) is 4.79 Å². The van der Waals surface area contributed by atoms with E-state index in [1.165, 1.54) is 0 Å². The summed E-state index contributed by atoms with van der Waals surface area (Å²) in [5.74, 6) is -0.113. The van der Waals surface area contributed by atoms with Crippen molar-refractivity contribution in [1.82, 2.24) is 5.32 Å². The molecule has 2 rings (SSSR count). The molecular formula is C20H21ClN2O3. The summed E-state index contributed by atoms with van der Waals surface area (Å²) in [5.41, 5.74) is 0.799. The van der Waals surface area contributed by atoms with Gasteiger partial charge in [-0.05, 0) is 36.8 Å². The van der Waals surface area contributed by atoms with Crippen LogP contribution in [0.4, 0.5) is 5.69 Å². The van der Waals surface area contributed by atoms with Crippen molar-refractivity contribution in [2.45, 2.75) is 19.4 Å². The van der Waals surface area contributed by atoms with Crippen molar-refractivity contribution in [3.05, 3.63) is 71.8 Å². The average molecular weight is 373 g/mol. The first kappa shape index (κ1) is 19.5. The Balaban J connectivity index is 2.12. The van der Waals surface area contributed by atoms with Crippen LogP contribution in [0.3, 0.4) is 0 Å². The smallest absolute Gasteiger partial charge is 0.265 e. The fourth-order valence-electron chi connectivity index (χ4n) is 2.29. The maximum atomic E-state index is 12.6. The Kier molecular flexibility index (Phi) is 7.24. The zero-order valence-corrected chi connectivity index (χ0v) is 15.3. The summed E-state index contributed by atoms with van der Waals surface area (Å²) in [6.45, 7) is 5.76. The number of para-hydroxylation sites is 1. The number of hydrogen-bond donors (Lipinski definition) is 2. The first-order valence-electron chi connectivity index (χ1n) is 8.26. The number of amides is 2. The number of carbonyl (C=O) groups excluding carboxylic acids is 2. The molecule has 6 heteroatoms. The Hall–Kier alpha value is -2.79. The van der Waals surface area contributed by atoms with Crippen LogP contribution in [0.5, 0.6) is 5.75 Å². The third-order valence-corrected chi connectivity index (χ3v) is 3.81. The Morgan fingerprint density at radius 1 is 1.23 bits per heavy atom. The van der Waals surface area contributed by atoms with Gasteiger partial charge in [0.05, 0.1) is 11.3 Å². The van der Waals surface area contributed by atoms with E-state index in [2.05, 4.69) is 17.2 Å². The van der Waals surface area contributed by atoms with Gasteiger partial charge < -0.3 is 15.4 Å². The lowest BCUT2D eigenvalue weighted by molar-refractivity contribution is -0.122. The SMILES string of the molecule is C=CCNC(=O)c1ccccc1NC(=O)[C@@H](CC)Oc1cccc(Cl)c1. The maximum Gasteiger partial charge on any atom is 0.265 e. The average Bonchev–Trinajstić information content (AvgIpc) is 2.64. The van der Waals surface area contributed by atoms with Crippen LogP contribution in [0.15, 0.2) is 61.2 Å². The van der Waals surface area contributed by atoms with Crippen molar-refractivity contribution >= 4 is 29.1 Å². The summed E-state index contributed by atoms with van der Waals surface area (Å²) >= 11 is 5.95. The molecule has 1 atom stereocenters. The zero-order valence-electron chi connectivity index (χ0n) is 14.5. The van der Waals surface area contributed by atoms with Gasteiger partial charge >= 0.3 is 0 Å². The molecule has 2 amide bonds. The van der Waals surface area contributed by atoms with Crippen LogP contribution >= 0.6 is 11.6 Å². The highest BCUT2D eigenvalue weighted by Gasteiger charge is 2.21. The predicted molar refractivity (Wildman–Crippen MR) is 104 cm³/mol. The van der Waals surface area contributed by atoms with Gasteiger partial charge in [-0.3, -0.25) is 9.59 Å². The Bertz CT molecular complexity index is 792. The number of ether oxygens (including phenoxy) is 1. The summed E-state index contributed by atoms with van der Waals surface area (Å²) in [6, 6.07) is 13.7. The van der Waals surface area contributed by atoms with E-state index in [1.54, 1.807) is 54.6 Å². The van der Waals surface area contributed by atoms with Gasteiger partial charge in [0, 0.05) is 11.6 Å². The molecule has 0 bridgehead atoms. The van der Waals surface area contributed by atoms with Gasteiger partial charge in [-0.15, -0.1) is 6.58 Å². The van der Waals surface area contributed by atoms with Crippen molar-refractivity contribution in [2.24, 2.45) is 0 Å². The van der Waals surface area contributed by atoms with E-state index >= 15 is 0 Å². The van der Waals surface area contributed by atoms with Crippen LogP contribution in [0.2, 0.25) is 5.02 Å². The summed E-state index contributed by atoms with van der Waals surface area (Å²) < 4.78 is 5.73. The topological polar surface area (TPSA) is 67.4 Å². The molecule has 0 heterocycles. The van der Waals surface area contributed by atoms with Crippen LogP contribution in [0.1, 0.15) is 23.7 Å². The lowest BCUT2D eigenvalue weighted by atomic mass is 10.1. The number of benzene rings is 2. The van der Waals surface area contributed by atoms with E-state index in [0.717, 1.165) is 0 Å². The molecule has 0 fully saturated rings. The molecule has 0 saturated heterocycles. The maximum absolute atomic E-state index is 12.6. The van der Waals surface area contributed by atoms with E-state index in [1.807, 2.05) is 6.92 Å². The van der Waals surface area contributed by atoms with Gasteiger partial charge in [-0.25, -0.2) is 0 Å².